The lowest BCUT2D eigenvalue weighted by Crippen LogP contribution is -2.30. The second kappa shape index (κ2) is 17.8. The minimum absolute atomic E-state index is 0.0381. The van der Waals surface area contributed by atoms with E-state index in [4.69, 9.17) is 26.5 Å². The Kier molecular flexibility index (Phi) is 13.0. The minimum Gasteiger partial charge on any atom is -0.374 e. The number of unbranched alkanes of at least 4 members (excludes halogenated alkanes) is 3. The van der Waals surface area contributed by atoms with Crippen LogP contribution in [0.5, 0.6) is 0 Å². The van der Waals surface area contributed by atoms with Crippen molar-refractivity contribution in [3.8, 4) is 33.9 Å². The van der Waals surface area contributed by atoms with E-state index in [-0.39, 0.29) is 17.8 Å². The van der Waals surface area contributed by atoms with Crippen molar-refractivity contribution in [1.29, 1.82) is 10.8 Å². The Morgan fingerprint density at radius 2 is 1.23 bits per heavy atom. The third-order valence-electron chi connectivity index (χ3n) is 7.28. The van der Waals surface area contributed by atoms with Gasteiger partial charge in [0.15, 0.2) is 11.8 Å². The van der Waals surface area contributed by atoms with E-state index in [0.29, 0.717) is 48.8 Å². The number of aromatic nitrogens is 2. The molecule has 2 amide bonds. The molecule has 0 fully saturated rings. The molecule has 1 heterocycles. The Balaban J connectivity index is 1.46. The van der Waals surface area contributed by atoms with Gasteiger partial charge in [0.1, 0.15) is 0 Å². The number of amides is 2. The van der Waals surface area contributed by atoms with Crippen LogP contribution in [-0.4, -0.2) is 46.7 Å². The number of nitrogens with zero attached hydrogens (tertiary/aromatic N) is 2. The topological polar surface area (TPSA) is 182 Å². The fourth-order valence-corrected chi connectivity index (χ4v) is 4.88. The van der Waals surface area contributed by atoms with Gasteiger partial charge < -0.3 is 27.0 Å². The maximum absolute atomic E-state index is 12.6. The second-order valence-corrected chi connectivity index (χ2v) is 11.2. The Hall–Kier alpha value is -5.58. The molecule has 0 spiro atoms. The first-order valence-corrected chi connectivity index (χ1v) is 15.9. The molecule has 3 aromatic carbocycles. The van der Waals surface area contributed by atoms with Gasteiger partial charge in [-0.05, 0) is 62.9 Å². The highest BCUT2D eigenvalue weighted by Gasteiger charge is 2.12. The van der Waals surface area contributed by atoms with Gasteiger partial charge >= 0.3 is 0 Å². The summed E-state index contributed by atoms with van der Waals surface area (Å²) in [6, 6.07) is 26.9. The van der Waals surface area contributed by atoms with Gasteiger partial charge in [-0.15, -0.1) is 0 Å². The number of hydrogen-bond acceptors (Lipinski definition) is 6. The first-order valence-electron chi connectivity index (χ1n) is 15.9. The van der Waals surface area contributed by atoms with Crippen molar-refractivity contribution in [2.45, 2.75) is 51.9 Å². The van der Waals surface area contributed by atoms with E-state index in [2.05, 4.69) is 21.3 Å². The molecule has 11 nitrogen and oxygen atoms in total. The fourth-order valence-electron chi connectivity index (χ4n) is 4.88. The number of guanidine groups is 1. The van der Waals surface area contributed by atoms with Crippen LogP contribution in [0.15, 0.2) is 84.9 Å². The Bertz CT molecular complexity index is 1660. The summed E-state index contributed by atoms with van der Waals surface area (Å²) >= 11 is 0. The van der Waals surface area contributed by atoms with Gasteiger partial charge in [-0.3, -0.25) is 20.4 Å². The maximum atomic E-state index is 12.6. The lowest BCUT2D eigenvalue weighted by Gasteiger charge is -2.12. The van der Waals surface area contributed by atoms with Crippen LogP contribution in [0.1, 0.15) is 51.9 Å². The highest BCUT2D eigenvalue weighted by atomic mass is 16.2. The molecule has 1 aromatic heterocycles. The van der Waals surface area contributed by atoms with E-state index in [0.717, 1.165) is 60.3 Å². The van der Waals surface area contributed by atoms with Crippen molar-refractivity contribution in [2.24, 2.45) is 5.73 Å². The maximum Gasteiger partial charge on any atom is 0.224 e. The number of rotatable bonds is 16. The summed E-state index contributed by atoms with van der Waals surface area (Å²) in [5.41, 5.74) is 10.7. The molecule has 0 atom stereocenters. The van der Waals surface area contributed by atoms with Gasteiger partial charge in [-0.2, -0.15) is 0 Å². The molecule has 0 unspecified atom stereocenters. The zero-order valence-electron chi connectivity index (χ0n) is 26.7. The summed E-state index contributed by atoms with van der Waals surface area (Å²) in [6.45, 7) is 3.03. The van der Waals surface area contributed by atoms with Gasteiger partial charge in [0, 0.05) is 54.0 Å². The molecule has 47 heavy (non-hydrogen) atoms. The number of amidine groups is 1. The average molecular weight is 634 g/mol. The second-order valence-electron chi connectivity index (χ2n) is 11.2. The van der Waals surface area contributed by atoms with Crippen molar-refractivity contribution in [3.63, 3.8) is 0 Å². The molecule has 244 valence electrons. The van der Waals surface area contributed by atoms with Crippen molar-refractivity contribution in [1.82, 2.24) is 20.6 Å². The molecule has 11 heteroatoms. The fraction of sp³-hybridized carbons (Fsp3) is 0.278. The van der Waals surface area contributed by atoms with E-state index in [1.54, 1.807) is 6.92 Å². The van der Waals surface area contributed by atoms with Crippen LogP contribution in [0, 0.1) is 10.8 Å². The summed E-state index contributed by atoms with van der Waals surface area (Å²) in [4.78, 5) is 34.8. The summed E-state index contributed by atoms with van der Waals surface area (Å²) in [5, 5.41) is 26.3. The number of nitrogens with one attached hydrogen (secondary N) is 6. The first kappa shape index (κ1) is 34.3. The molecule has 0 radical (unpaired) electrons. The number of nitrogens with two attached hydrogens (primary N) is 1. The van der Waals surface area contributed by atoms with E-state index in [1.165, 1.54) is 0 Å². The molecule has 4 rings (SSSR count). The van der Waals surface area contributed by atoms with Crippen molar-refractivity contribution in [3.05, 3.63) is 84.9 Å². The molecule has 8 N–H and O–H groups in total. The Morgan fingerprint density at radius 1 is 0.638 bits per heavy atom. The van der Waals surface area contributed by atoms with Crippen LogP contribution in [0.2, 0.25) is 0 Å². The van der Waals surface area contributed by atoms with E-state index in [1.807, 2.05) is 84.9 Å². The molecule has 4 aromatic rings. The minimum atomic E-state index is -0.0744. The normalized spacial score (nSPS) is 10.6. The zero-order valence-corrected chi connectivity index (χ0v) is 26.7. The monoisotopic (exact) mass is 633 g/mol. The third kappa shape index (κ3) is 11.7. The van der Waals surface area contributed by atoms with Gasteiger partial charge in [0.05, 0.1) is 17.2 Å². The van der Waals surface area contributed by atoms with E-state index < -0.39 is 0 Å². The van der Waals surface area contributed by atoms with Gasteiger partial charge in [-0.25, -0.2) is 9.97 Å². The van der Waals surface area contributed by atoms with Gasteiger partial charge in [-0.1, -0.05) is 61.0 Å². The highest BCUT2D eigenvalue weighted by Crippen LogP contribution is 2.29. The Labute approximate surface area is 275 Å². The molecule has 0 aliphatic rings. The third-order valence-corrected chi connectivity index (χ3v) is 7.28. The Morgan fingerprint density at radius 3 is 1.91 bits per heavy atom. The van der Waals surface area contributed by atoms with Crippen LogP contribution in [0.25, 0.3) is 33.9 Å². The quantitative estimate of drug-likeness (QED) is 0.0438. The summed E-state index contributed by atoms with van der Waals surface area (Å²) in [6.07, 6.45) is 4.84. The molecular weight excluding hydrogens is 590 g/mol. The van der Waals surface area contributed by atoms with Crippen LogP contribution in [0.3, 0.4) is 0 Å². The molecule has 0 aliphatic carbocycles. The molecule has 0 saturated carbocycles. The SMILES string of the molecule is CC(=N)NCCCCCC(=O)Nc1cccc(-c2cc(-c3ccc(NC(=O)CCCCNC(=N)N)cc3)nc(-c3ccccc3)n2)c1. The van der Waals surface area contributed by atoms with Crippen molar-refractivity contribution >= 4 is 35.0 Å². The van der Waals surface area contributed by atoms with Crippen LogP contribution < -0.4 is 27.0 Å². The van der Waals surface area contributed by atoms with Crippen LogP contribution in [-0.2, 0) is 9.59 Å². The van der Waals surface area contributed by atoms with Crippen LogP contribution in [0.4, 0.5) is 11.4 Å². The zero-order chi connectivity index (χ0) is 33.4. The smallest absolute Gasteiger partial charge is 0.224 e. The highest BCUT2D eigenvalue weighted by molar-refractivity contribution is 5.92. The van der Waals surface area contributed by atoms with Gasteiger partial charge in [0.25, 0.3) is 0 Å². The summed E-state index contributed by atoms with van der Waals surface area (Å²) in [5.74, 6) is 0.855. The standard InChI is InChI=1S/C36H43N9O2/c1-25(37)40-21-8-3-6-15-34(47)43-30-14-10-13-28(23-30)32-24-31(44-35(45-32)27-11-4-2-5-12-27)26-17-19-29(20-18-26)42-33(46)16-7-9-22-41-36(38)39/h2,4-5,10-14,17-20,23-24H,3,6-9,15-16,21-22H2,1H3,(H2,37,40)(H,42,46)(H,43,47)(H4,38,39,41). The lowest BCUT2D eigenvalue weighted by atomic mass is 10.1. The largest absolute Gasteiger partial charge is 0.374 e. The number of carbonyl (C=O) groups is 2. The predicted octanol–water partition coefficient (Wildman–Crippen LogP) is 6.16. The van der Waals surface area contributed by atoms with E-state index >= 15 is 0 Å². The molecular formula is C36H43N9O2. The van der Waals surface area contributed by atoms with Crippen molar-refractivity contribution < 1.29 is 9.59 Å². The first-order chi connectivity index (χ1) is 22.8. The lowest BCUT2D eigenvalue weighted by molar-refractivity contribution is -0.117. The van der Waals surface area contributed by atoms with Crippen LogP contribution >= 0.6 is 0 Å². The molecule has 0 aliphatic heterocycles. The number of hydrogen-bond donors (Lipinski definition) is 7. The summed E-state index contributed by atoms with van der Waals surface area (Å²) < 4.78 is 0. The number of carbonyl (C=O) groups excluding carboxylic acids is 2. The number of anilines is 2. The predicted molar refractivity (Wildman–Crippen MR) is 189 cm³/mol. The van der Waals surface area contributed by atoms with Gasteiger partial charge in [0.2, 0.25) is 11.8 Å². The number of benzene rings is 3. The van der Waals surface area contributed by atoms with E-state index in [9.17, 15) is 9.59 Å². The van der Waals surface area contributed by atoms with Crippen molar-refractivity contribution in [2.75, 3.05) is 23.7 Å². The average Bonchev–Trinajstić information content (AvgIpc) is 3.06. The molecule has 0 bridgehead atoms. The summed E-state index contributed by atoms with van der Waals surface area (Å²) in [7, 11) is 0. The molecule has 0 saturated heterocycles.